The minimum Gasteiger partial charge on any atom is -0.495 e. The van der Waals surface area contributed by atoms with E-state index in [0.29, 0.717) is 5.82 Å². The molecule has 1 heterocycles. The first-order valence-electron chi connectivity index (χ1n) is 6.40. The molecule has 0 aliphatic heterocycles. The number of nitrogens with two attached hydrogens (primary N) is 1. The number of anilines is 1. The van der Waals surface area contributed by atoms with Crippen LogP contribution in [0.25, 0.3) is 11.3 Å². The Hall–Kier alpha value is -1.49. The number of ether oxygens (including phenoxy) is 1. The number of fused-ring (bicyclic) bond motifs is 1. The molecule has 0 bridgehead atoms. The van der Waals surface area contributed by atoms with Crippen molar-refractivity contribution in [2.24, 2.45) is 0 Å². The zero-order valence-electron chi connectivity index (χ0n) is 10.8. The number of aromatic nitrogens is 2. The summed E-state index contributed by atoms with van der Waals surface area (Å²) in [7, 11) is 1.69. The lowest BCUT2D eigenvalue weighted by molar-refractivity contribution is 0.412. The maximum Gasteiger partial charge on any atom is 0.145 e. The maximum atomic E-state index is 5.73. The normalized spacial score (nSPS) is 14.2. The first kappa shape index (κ1) is 12.5. The molecule has 2 aromatic rings. The van der Waals surface area contributed by atoms with Gasteiger partial charge in [0.1, 0.15) is 11.6 Å². The van der Waals surface area contributed by atoms with Crippen LogP contribution in [0.1, 0.15) is 24.0 Å². The Morgan fingerprint density at radius 2 is 2.11 bits per heavy atom. The number of aromatic amines is 1. The Bertz CT molecular complexity index is 621. The number of nitrogens with one attached hydrogen (secondary N) is 1. The van der Waals surface area contributed by atoms with Crippen molar-refractivity contribution in [1.82, 2.24) is 10.2 Å². The first-order valence-corrected chi connectivity index (χ1v) is 7.19. The molecule has 100 valence electrons. The third kappa shape index (κ3) is 2.12. The van der Waals surface area contributed by atoms with Crippen LogP contribution in [0, 0.1) is 0 Å². The number of halogens is 1. The van der Waals surface area contributed by atoms with Gasteiger partial charge in [-0.25, -0.2) is 0 Å². The average molecular weight is 322 g/mol. The highest BCUT2D eigenvalue weighted by Crippen LogP contribution is 2.43. The molecule has 1 aliphatic carbocycles. The Morgan fingerprint density at radius 3 is 2.79 bits per heavy atom. The van der Waals surface area contributed by atoms with E-state index in [4.69, 9.17) is 10.5 Å². The molecule has 0 fully saturated rings. The third-order valence-corrected chi connectivity index (χ3v) is 4.22. The van der Waals surface area contributed by atoms with Crippen molar-refractivity contribution in [3.05, 3.63) is 27.7 Å². The number of hydrogen-bond donors (Lipinski definition) is 2. The van der Waals surface area contributed by atoms with Crippen LogP contribution in [0.5, 0.6) is 5.75 Å². The van der Waals surface area contributed by atoms with Crippen LogP contribution in [-0.2, 0) is 12.8 Å². The molecule has 3 N–H and O–H groups in total. The summed E-state index contributed by atoms with van der Waals surface area (Å²) in [6.45, 7) is 0. The van der Waals surface area contributed by atoms with Crippen molar-refractivity contribution in [3.8, 4) is 17.0 Å². The molecule has 0 spiro atoms. The van der Waals surface area contributed by atoms with Crippen LogP contribution in [0.3, 0.4) is 0 Å². The summed E-state index contributed by atoms with van der Waals surface area (Å²) in [6, 6.07) is 4.04. The Morgan fingerprint density at radius 1 is 1.32 bits per heavy atom. The van der Waals surface area contributed by atoms with Gasteiger partial charge in [0, 0.05) is 11.6 Å². The monoisotopic (exact) mass is 321 g/mol. The fourth-order valence-electron chi connectivity index (χ4n) is 2.80. The summed E-state index contributed by atoms with van der Waals surface area (Å²) in [4.78, 5) is 0. The molecule has 4 nitrogen and oxygen atoms in total. The SMILES string of the molecule is COc1c(Br)cc2c(c1-c1cc(N)n[nH]1)CCCC2. The maximum absolute atomic E-state index is 5.73. The molecule has 0 saturated heterocycles. The molecule has 1 aromatic carbocycles. The second kappa shape index (κ2) is 4.89. The Balaban J connectivity index is 2.27. The van der Waals surface area contributed by atoms with Crippen LogP contribution in [0.4, 0.5) is 5.82 Å². The second-order valence-corrected chi connectivity index (χ2v) is 5.67. The van der Waals surface area contributed by atoms with Crippen molar-refractivity contribution in [2.75, 3.05) is 12.8 Å². The molecule has 19 heavy (non-hydrogen) atoms. The summed E-state index contributed by atoms with van der Waals surface area (Å²) >= 11 is 3.60. The Labute approximate surface area is 120 Å². The quantitative estimate of drug-likeness (QED) is 0.891. The molecular formula is C14H16BrN3O. The number of H-pyrrole nitrogens is 1. The van der Waals surface area contributed by atoms with E-state index in [2.05, 4.69) is 32.2 Å². The van der Waals surface area contributed by atoms with E-state index in [1.54, 1.807) is 7.11 Å². The molecule has 0 saturated carbocycles. The van der Waals surface area contributed by atoms with Crippen LogP contribution in [0.15, 0.2) is 16.6 Å². The number of benzene rings is 1. The van der Waals surface area contributed by atoms with Crippen LogP contribution in [-0.4, -0.2) is 17.3 Å². The van der Waals surface area contributed by atoms with E-state index < -0.39 is 0 Å². The molecule has 0 unspecified atom stereocenters. The number of hydrogen-bond acceptors (Lipinski definition) is 3. The number of nitrogen functional groups attached to an aromatic ring is 1. The van der Waals surface area contributed by atoms with Crippen molar-refractivity contribution in [2.45, 2.75) is 25.7 Å². The van der Waals surface area contributed by atoms with E-state index >= 15 is 0 Å². The van der Waals surface area contributed by atoms with Gasteiger partial charge in [-0.3, -0.25) is 5.10 Å². The highest BCUT2D eigenvalue weighted by atomic mass is 79.9. The largest absolute Gasteiger partial charge is 0.495 e. The van der Waals surface area contributed by atoms with E-state index in [1.165, 1.54) is 24.0 Å². The topological polar surface area (TPSA) is 63.9 Å². The second-order valence-electron chi connectivity index (χ2n) is 4.82. The van der Waals surface area contributed by atoms with E-state index in [1.807, 2.05) is 6.07 Å². The van der Waals surface area contributed by atoms with Crippen molar-refractivity contribution >= 4 is 21.7 Å². The number of rotatable bonds is 2. The molecule has 3 rings (SSSR count). The number of methoxy groups -OCH3 is 1. The van der Waals surface area contributed by atoms with Gasteiger partial charge in [-0.1, -0.05) is 0 Å². The van der Waals surface area contributed by atoms with Crippen molar-refractivity contribution in [3.63, 3.8) is 0 Å². The highest BCUT2D eigenvalue weighted by molar-refractivity contribution is 9.10. The lowest BCUT2D eigenvalue weighted by Gasteiger charge is -2.22. The van der Waals surface area contributed by atoms with Gasteiger partial charge in [0.2, 0.25) is 0 Å². The predicted octanol–water partition coefficient (Wildman–Crippen LogP) is 3.31. The number of aryl methyl sites for hydroxylation is 1. The Kier molecular flexibility index (Phi) is 3.22. The summed E-state index contributed by atoms with van der Waals surface area (Å²) in [5, 5.41) is 7.03. The standard InChI is InChI=1S/C14H16BrN3O/c1-19-14-10(15)6-8-4-2-3-5-9(8)13(14)11-7-12(16)18-17-11/h6-7H,2-5H2,1H3,(H3,16,17,18). The fraction of sp³-hybridized carbons (Fsp3) is 0.357. The molecule has 0 atom stereocenters. The lowest BCUT2D eigenvalue weighted by atomic mass is 9.86. The summed E-state index contributed by atoms with van der Waals surface area (Å²) in [5.41, 5.74) is 10.5. The molecule has 5 heteroatoms. The van der Waals surface area contributed by atoms with E-state index in [0.717, 1.165) is 34.3 Å². The van der Waals surface area contributed by atoms with Gasteiger partial charge < -0.3 is 10.5 Å². The summed E-state index contributed by atoms with van der Waals surface area (Å²) in [5.74, 6) is 1.35. The molecule has 1 aromatic heterocycles. The lowest BCUT2D eigenvalue weighted by Crippen LogP contribution is -2.06. The zero-order chi connectivity index (χ0) is 13.4. The van der Waals surface area contributed by atoms with Crippen LogP contribution in [0.2, 0.25) is 0 Å². The van der Waals surface area contributed by atoms with Crippen LogP contribution < -0.4 is 10.5 Å². The van der Waals surface area contributed by atoms with Gasteiger partial charge >= 0.3 is 0 Å². The van der Waals surface area contributed by atoms with Gasteiger partial charge in [-0.15, -0.1) is 0 Å². The number of nitrogens with zero attached hydrogens (tertiary/aromatic N) is 1. The zero-order valence-corrected chi connectivity index (χ0v) is 12.4. The minimum atomic E-state index is 0.501. The highest BCUT2D eigenvalue weighted by Gasteiger charge is 2.22. The van der Waals surface area contributed by atoms with E-state index in [9.17, 15) is 0 Å². The van der Waals surface area contributed by atoms with Crippen molar-refractivity contribution < 1.29 is 4.74 Å². The van der Waals surface area contributed by atoms with Crippen molar-refractivity contribution in [1.29, 1.82) is 0 Å². The molecule has 0 radical (unpaired) electrons. The summed E-state index contributed by atoms with van der Waals surface area (Å²) < 4.78 is 6.56. The average Bonchev–Trinajstić information content (AvgIpc) is 2.83. The van der Waals surface area contributed by atoms with Crippen LogP contribution >= 0.6 is 15.9 Å². The smallest absolute Gasteiger partial charge is 0.145 e. The first-order chi connectivity index (χ1) is 9.20. The molecule has 0 amide bonds. The third-order valence-electron chi connectivity index (χ3n) is 3.63. The van der Waals surface area contributed by atoms with Gasteiger partial charge in [-0.05, 0) is 58.8 Å². The van der Waals surface area contributed by atoms with Gasteiger partial charge in [-0.2, -0.15) is 5.10 Å². The van der Waals surface area contributed by atoms with Gasteiger partial charge in [0.15, 0.2) is 0 Å². The van der Waals surface area contributed by atoms with E-state index in [-0.39, 0.29) is 0 Å². The minimum absolute atomic E-state index is 0.501. The van der Waals surface area contributed by atoms with Gasteiger partial charge in [0.05, 0.1) is 17.3 Å². The summed E-state index contributed by atoms with van der Waals surface area (Å²) in [6.07, 6.45) is 4.66. The molecular weight excluding hydrogens is 306 g/mol. The molecule has 1 aliphatic rings. The van der Waals surface area contributed by atoms with Gasteiger partial charge in [0.25, 0.3) is 0 Å². The predicted molar refractivity (Wildman–Crippen MR) is 79.3 cm³/mol. The fourth-order valence-corrected chi connectivity index (χ4v) is 3.43.